The van der Waals surface area contributed by atoms with Crippen molar-refractivity contribution in [2.24, 2.45) is 0 Å². The number of ether oxygens (including phenoxy) is 1. The van der Waals surface area contributed by atoms with E-state index in [0.717, 1.165) is 0 Å². The number of Topliss-reactive ketones (excluding diaryl/α,β-unsaturated/α-hetero) is 1. The first-order valence-corrected chi connectivity index (χ1v) is 6.69. The molecule has 0 spiro atoms. The molecule has 0 aromatic rings. The predicted molar refractivity (Wildman–Crippen MR) is 69.0 cm³/mol. The van der Waals surface area contributed by atoms with Crippen LogP contribution in [0.2, 0.25) is 0 Å². The lowest BCUT2D eigenvalue weighted by Gasteiger charge is -2.41. The van der Waals surface area contributed by atoms with Gasteiger partial charge in [-0.2, -0.15) is 0 Å². The van der Waals surface area contributed by atoms with Crippen LogP contribution in [0, 0.1) is 0 Å². The fourth-order valence-corrected chi connectivity index (χ4v) is 2.17. The van der Waals surface area contributed by atoms with Crippen molar-refractivity contribution in [2.75, 3.05) is 0 Å². The molecule has 1 heterocycles. The van der Waals surface area contributed by atoms with Crippen LogP contribution >= 0.6 is 0 Å². The Morgan fingerprint density at radius 3 is 1.91 bits per heavy atom. The van der Waals surface area contributed by atoms with Gasteiger partial charge < -0.3 is 45.6 Å². The summed E-state index contributed by atoms with van der Waals surface area (Å²) in [7, 11) is 0. The molecule has 0 radical (unpaired) electrons. The van der Waals surface area contributed by atoms with Crippen LogP contribution < -0.4 is 0 Å². The molecule has 1 rings (SSSR count). The highest BCUT2D eigenvalue weighted by Gasteiger charge is 2.48. The van der Waals surface area contributed by atoms with Crippen LogP contribution in [0.5, 0.6) is 0 Å². The number of aliphatic carboxylic acids is 1. The second-order valence-corrected chi connectivity index (χ2v) is 5.34. The van der Waals surface area contributed by atoms with E-state index in [9.17, 15) is 40.2 Å². The molecule has 23 heavy (non-hydrogen) atoms. The fraction of sp³-hybridized carbons (Fsp3) is 0.833. The molecule has 11 nitrogen and oxygen atoms in total. The number of ketones is 1. The first-order valence-electron chi connectivity index (χ1n) is 6.69. The van der Waals surface area contributed by atoms with Gasteiger partial charge in [-0.1, -0.05) is 0 Å². The Balaban J connectivity index is 2.85. The summed E-state index contributed by atoms with van der Waals surface area (Å²) in [5.74, 6) is -3.43. The molecule has 2 unspecified atom stereocenters. The highest BCUT2D eigenvalue weighted by atomic mass is 16.5. The Bertz CT molecular complexity index is 441. The Labute approximate surface area is 130 Å². The average molecular weight is 340 g/mol. The zero-order valence-corrected chi connectivity index (χ0v) is 12.0. The normalized spacial score (nSPS) is 36.8. The standard InChI is InChI=1S/C12H20O11/c1-2-3(13)4(14)8(18)11(23-2)9(19)6(16)5(15)7(17)10(20)12(21)22/h2-5,7-11,13-15,17-20H,1H3,(H,21,22)/t2-,3-,4+,5-,7+,8+,9?,10+,11?/m1/s1. The van der Waals surface area contributed by atoms with E-state index in [1.165, 1.54) is 6.92 Å². The SMILES string of the molecule is C[C@H]1OC(C(O)C(=O)[C@@H](O)[C@H](O)[C@H](O)C(=O)O)[C@@H](O)[C@@H](O)[C@@H]1O. The van der Waals surface area contributed by atoms with Gasteiger partial charge in [0.15, 0.2) is 11.9 Å². The molecule has 1 fully saturated rings. The van der Waals surface area contributed by atoms with Gasteiger partial charge in [-0.25, -0.2) is 4.79 Å². The summed E-state index contributed by atoms with van der Waals surface area (Å²) in [5.41, 5.74) is 0. The minimum atomic E-state index is -2.48. The molecule has 0 amide bonds. The topological polar surface area (TPSA) is 205 Å². The van der Waals surface area contributed by atoms with Gasteiger partial charge in [-0.15, -0.1) is 0 Å². The van der Waals surface area contributed by atoms with E-state index in [4.69, 9.17) is 14.9 Å². The van der Waals surface area contributed by atoms with Gasteiger partial charge >= 0.3 is 5.97 Å². The van der Waals surface area contributed by atoms with Gasteiger partial charge in [-0.05, 0) is 6.92 Å². The van der Waals surface area contributed by atoms with Crippen LogP contribution in [0.3, 0.4) is 0 Å². The zero-order valence-electron chi connectivity index (χ0n) is 12.0. The van der Waals surface area contributed by atoms with Crippen LogP contribution in [0.25, 0.3) is 0 Å². The lowest BCUT2D eigenvalue weighted by molar-refractivity contribution is -0.238. The van der Waals surface area contributed by atoms with Crippen LogP contribution in [0.1, 0.15) is 6.92 Å². The van der Waals surface area contributed by atoms with Crippen LogP contribution in [-0.2, 0) is 14.3 Å². The second kappa shape index (κ2) is 7.59. The van der Waals surface area contributed by atoms with Gasteiger partial charge in [0.1, 0.15) is 42.7 Å². The molecular weight excluding hydrogens is 320 g/mol. The summed E-state index contributed by atoms with van der Waals surface area (Å²) in [6.07, 6.45) is -17.5. The summed E-state index contributed by atoms with van der Waals surface area (Å²) in [4.78, 5) is 22.3. The first kappa shape index (κ1) is 19.9. The third-order valence-electron chi connectivity index (χ3n) is 3.68. The van der Waals surface area contributed by atoms with Crippen molar-refractivity contribution in [3.05, 3.63) is 0 Å². The molecule has 0 saturated carbocycles. The lowest BCUT2D eigenvalue weighted by atomic mass is 9.89. The molecule has 0 aliphatic carbocycles. The number of aliphatic hydroxyl groups is 7. The largest absolute Gasteiger partial charge is 0.479 e. The number of hydrogen-bond acceptors (Lipinski definition) is 10. The summed E-state index contributed by atoms with van der Waals surface area (Å²) in [6.45, 7) is 1.30. The predicted octanol–water partition coefficient (Wildman–Crippen LogP) is -5.05. The summed E-state index contributed by atoms with van der Waals surface area (Å²) >= 11 is 0. The number of carbonyl (C=O) groups excluding carboxylic acids is 1. The van der Waals surface area contributed by atoms with Crippen LogP contribution in [0.15, 0.2) is 0 Å². The Morgan fingerprint density at radius 1 is 0.913 bits per heavy atom. The number of carboxylic acid groups (broad SMARTS) is 1. The van der Waals surface area contributed by atoms with E-state index in [-0.39, 0.29) is 0 Å². The van der Waals surface area contributed by atoms with Crippen LogP contribution in [0.4, 0.5) is 0 Å². The molecule has 0 aromatic carbocycles. The maximum Gasteiger partial charge on any atom is 0.335 e. The Hall–Kier alpha value is -1.18. The molecule has 1 aliphatic heterocycles. The van der Waals surface area contributed by atoms with Gasteiger partial charge in [0.2, 0.25) is 0 Å². The number of hydrogen-bond donors (Lipinski definition) is 8. The number of carbonyl (C=O) groups is 2. The molecule has 0 aromatic heterocycles. The quantitative estimate of drug-likeness (QED) is 0.229. The molecule has 0 bridgehead atoms. The van der Waals surface area contributed by atoms with Crippen molar-refractivity contribution >= 4 is 11.8 Å². The van der Waals surface area contributed by atoms with Crippen molar-refractivity contribution in [1.29, 1.82) is 0 Å². The van der Waals surface area contributed by atoms with Crippen molar-refractivity contribution in [2.45, 2.75) is 61.9 Å². The minimum Gasteiger partial charge on any atom is -0.479 e. The molecule has 8 N–H and O–H groups in total. The fourth-order valence-electron chi connectivity index (χ4n) is 2.17. The van der Waals surface area contributed by atoms with E-state index in [1.54, 1.807) is 0 Å². The third kappa shape index (κ3) is 4.02. The number of carboxylic acids is 1. The average Bonchev–Trinajstić information content (AvgIpc) is 2.52. The van der Waals surface area contributed by atoms with Crippen molar-refractivity contribution in [3.63, 3.8) is 0 Å². The Morgan fingerprint density at radius 2 is 1.43 bits per heavy atom. The molecular formula is C12H20O11. The highest BCUT2D eigenvalue weighted by molar-refractivity contribution is 5.89. The summed E-state index contributed by atoms with van der Waals surface area (Å²) in [5, 5.41) is 75.2. The minimum absolute atomic E-state index is 1.06. The third-order valence-corrected chi connectivity index (χ3v) is 3.68. The second-order valence-electron chi connectivity index (χ2n) is 5.34. The maximum absolute atomic E-state index is 11.9. The summed E-state index contributed by atoms with van der Waals surface area (Å²) < 4.78 is 5.00. The van der Waals surface area contributed by atoms with Crippen molar-refractivity contribution in [3.8, 4) is 0 Å². The molecule has 1 saturated heterocycles. The van der Waals surface area contributed by atoms with E-state index in [1.807, 2.05) is 0 Å². The summed E-state index contributed by atoms with van der Waals surface area (Å²) in [6, 6.07) is 0. The number of rotatable bonds is 6. The van der Waals surface area contributed by atoms with Crippen LogP contribution in [-0.4, -0.2) is 108 Å². The van der Waals surface area contributed by atoms with E-state index in [2.05, 4.69) is 0 Å². The molecule has 134 valence electrons. The van der Waals surface area contributed by atoms with Crippen molar-refractivity contribution < 1.29 is 55.2 Å². The van der Waals surface area contributed by atoms with Gasteiger partial charge in [-0.3, -0.25) is 4.79 Å². The molecule has 1 aliphatic rings. The van der Waals surface area contributed by atoms with E-state index < -0.39 is 66.7 Å². The van der Waals surface area contributed by atoms with Gasteiger partial charge in [0.05, 0.1) is 6.10 Å². The van der Waals surface area contributed by atoms with E-state index in [0.29, 0.717) is 0 Å². The highest BCUT2D eigenvalue weighted by Crippen LogP contribution is 2.24. The van der Waals surface area contributed by atoms with Gasteiger partial charge in [0.25, 0.3) is 0 Å². The lowest BCUT2D eigenvalue weighted by Crippen LogP contribution is -2.62. The van der Waals surface area contributed by atoms with E-state index >= 15 is 0 Å². The smallest absolute Gasteiger partial charge is 0.335 e. The zero-order chi connectivity index (χ0) is 18.1. The maximum atomic E-state index is 11.9. The first-order chi connectivity index (χ1) is 10.5. The molecule has 9 atom stereocenters. The van der Waals surface area contributed by atoms with Crippen molar-refractivity contribution in [1.82, 2.24) is 0 Å². The Kier molecular flexibility index (Phi) is 6.56. The number of aliphatic hydroxyl groups excluding tert-OH is 7. The monoisotopic (exact) mass is 340 g/mol. The molecule has 11 heteroatoms. The van der Waals surface area contributed by atoms with Gasteiger partial charge in [0, 0.05) is 0 Å².